The van der Waals surface area contributed by atoms with E-state index in [4.69, 9.17) is 28.5 Å². The number of carbonyl (C=O) groups is 2. The van der Waals surface area contributed by atoms with E-state index in [1.54, 1.807) is 38.5 Å². The molecule has 4 aromatic rings. The van der Waals surface area contributed by atoms with Crippen molar-refractivity contribution in [1.82, 2.24) is 10.6 Å². The van der Waals surface area contributed by atoms with Crippen molar-refractivity contribution < 1.29 is 32.8 Å². The highest BCUT2D eigenvalue weighted by atomic mass is 31.1. The van der Waals surface area contributed by atoms with E-state index in [0.717, 1.165) is 41.0 Å². The van der Waals surface area contributed by atoms with Gasteiger partial charge in [0.2, 0.25) is 0 Å². The van der Waals surface area contributed by atoms with Gasteiger partial charge in [-0.2, -0.15) is 5.26 Å². The van der Waals surface area contributed by atoms with Gasteiger partial charge in [0.1, 0.15) is 17.1 Å². The zero-order chi connectivity index (χ0) is 36.2. The topological polar surface area (TPSA) is 128 Å². The zero-order valence-corrected chi connectivity index (χ0v) is 30.2. The Morgan fingerprint density at radius 2 is 1.10 bits per heavy atom. The third-order valence-electron chi connectivity index (χ3n) is 8.15. The van der Waals surface area contributed by atoms with Gasteiger partial charge < -0.3 is 33.9 Å². The molecule has 268 valence electrons. The highest BCUT2D eigenvalue weighted by molar-refractivity contribution is 7.26. The Kier molecular flexibility index (Phi) is 16.4. The lowest BCUT2D eigenvalue weighted by molar-refractivity contribution is 0.0108. The summed E-state index contributed by atoms with van der Waals surface area (Å²) >= 11 is 0. The Balaban J connectivity index is 1.26. The molecule has 0 aliphatic heterocycles. The number of ether oxygens (including phenoxy) is 3. The number of hydrogen-bond acceptors (Lipinski definition) is 8. The first-order valence-electron chi connectivity index (χ1n) is 17.0. The minimum Gasteiger partial charge on any atom is -0.497 e. The number of unbranched alkanes of at least 4 members (excludes halogenated alkanes) is 2. The molecule has 0 aliphatic carbocycles. The van der Waals surface area contributed by atoms with Gasteiger partial charge in [-0.3, -0.25) is 9.59 Å². The van der Waals surface area contributed by atoms with Crippen LogP contribution in [0.5, 0.6) is 11.5 Å². The summed E-state index contributed by atoms with van der Waals surface area (Å²) in [6, 6.07) is 34.6. The molecule has 0 radical (unpaired) electrons. The predicted octanol–water partition coefficient (Wildman–Crippen LogP) is 7.19. The number of amides is 2. The summed E-state index contributed by atoms with van der Waals surface area (Å²) in [5.74, 6) is 1.12. The van der Waals surface area contributed by atoms with E-state index in [1.807, 2.05) is 72.8 Å². The molecule has 0 bridgehead atoms. The second-order valence-electron chi connectivity index (χ2n) is 11.5. The van der Waals surface area contributed by atoms with E-state index in [1.165, 1.54) is 0 Å². The second-order valence-corrected chi connectivity index (χ2v) is 12.3. The van der Waals surface area contributed by atoms with Gasteiger partial charge >= 0.3 is 0 Å². The number of carbonyl (C=O) groups excluding carboxylic acids is 2. The first-order valence-corrected chi connectivity index (χ1v) is 17.8. The number of nitrogens with one attached hydrogen (secondary N) is 2. The van der Waals surface area contributed by atoms with E-state index in [-0.39, 0.29) is 20.8 Å². The molecule has 2 amide bonds. The molecule has 4 aromatic carbocycles. The molecule has 4 rings (SSSR count). The lowest BCUT2D eigenvalue weighted by atomic mass is 9.80. The normalized spacial score (nSPS) is 11.2. The summed E-state index contributed by atoms with van der Waals surface area (Å²) < 4.78 is 28.3. The second kappa shape index (κ2) is 21.4. The molecule has 0 spiro atoms. The van der Waals surface area contributed by atoms with Crippen LogP contribution in [0.2, 0.25) is 0 Å². The highest BCUT2D eigenvalue weighted by Crippen LogP contribution is 2.41. The van der Waals surface area contributed by atoms with E-state index < -0.39 is 5.60 Å². The highest BCUT2D eigenvalue weighted by Gasteiger charge is 2.37. The first kappa shape index (κ1) is 39.0. The van der Waals surface area contributed by atoms with Crippen LogP contribution in [0.15, 0.2) is 103 Å². The van der Waals surface area contributed by atoms with Gasteiger partial charge in [0.15, 0.2) is 9.03 Å². The number of hydrogen-bond donors (Lipinski definition) is 2. The average Bonchev–Trinajstić information content (AvgIpc) is 3.19. The van der Waals surface area contributed by atoms with E-state index in [0.29, 0.717) is 63.3 Å². The zero-order valence-electron chi connectivity index (χ0n) is 29.2. The van der Waals surface area contributed by atoms with Gasteiger partial charge in [0.05, 0.1) is 39.9 Å². The van der Waals surface area contributed by atoms with Gasteiger partial charge in [0.25, 0.3) is 11.8 Å². The maximum atomic E-state index is 12.9. The van der Waals surface area contributed by atoms with Crippen molar-refractivity contribution in [1.29, 1.82) is 5.26 Å². The van der Waals surface area contributed by atoms with Crippen molar-refractivity contribution in [2.75, 3.05) is 47.1 Å². The quantitative estimate of drug-likeness (QED) is 0.0499. The summed E-state index contributed by atoms with van der Waals surface area (Å²) in [6.07, 6.45) is 3.31. The van der Waals surface area contributed by atoms with Gasteiger partial charge in [0, 0.05) is 30.8 Å². The molecule has 0 fully saturated rings. The van der Waals surface area contributed by atoms with Gasteiger partial charge in [-0.05, 0) is 90.9 Å². The first-order chi connectivity index (χ1) is 25.0. The molecular formula is C40H46N3O7P. The lowest BCUT2D eigenvalue weighted by Crippen LogP contribution is -2.33. The maximum absolute atomic E-state index is 12.9. The van der Waals surface area contributed by atoms with Crippen molar-refractivity contribution in [3.8, 4) is 17.6 Å². The molecule has 0 aliphatic rings. The van der Waals surface area contributed by atoms with Gasteiger partial charge in [-0.15, -0.1) is 0 Å². The third kappa shape index (κ3) is 11.6. The monoisotopic (exact) mass is 711 g/mol. The predicted molar refractivity (Wildman–Crippen MR) is 198 cm³/mol. The molecule has 0 heterocycles. The van der Waals surface area contributed by atoms with Crippen LogP contribution in [0.4, 0.5) is 0 Å². The van der Waals surface area contributed by atoms with Crippen LogP contribution < -0.4 is 20.1 Å². The van der Waals surface area contributed by atoms with Crippen molar-refractivity contribution in [3.05, 3.63) is 131 Å². The standard InChI is InChI=1S/C40H46N3O7P/c1-46-36-21-17-34(18-22-36)40(33-11-4-3-5-12-33,35-19-23-37(47-2)24-20-35)48-28-8-6-26-42-38(44)31-13-15-32(16-14-31)39(45)43-27-7-9-29-49-51-50-30-10-25-41/h3-5,11-24,51H,6-10,26-30H2,1-2H3,(H,42,44)(H,43,45). The Morgan fingerprint density at radius 1 is 0.627 bits per heavy atom. The SMILES string of the molecule is COc1ccc(C(OCCCCNC(=O)c2ccc(C(=O)NCCCCOPOCCC#N)cc2)(c2ccccc2)c2ccc(OC)cc2)cc1. The Labute approximate surface area is 302 Å². The molecular weight excluding hydrogens is 665 g/mol. The molecule has 51 heavy (non-hydrogen) atoms. The molecule has 1 unspecified atom stereocenters. The lowest BCUT2D eigenvalue weighted by Gasteiger charge is -2.36. The largest absolute Gasteiger partial charge is 0.497 e. The van der Waals surface area contributed by atoms with E-state index in [2.05, 4.69) is 22.8 Å². The fourth-order valence-electron chi connectivity index (χ4n) is 5.43. The molecule has 1 atom stereocenters. The van der Waals surface area contributed by atoms with Crippen molar-refractivity contribution >= 4 is 20.8 Å². The molecule has 0 saturated heterocycles. The third-order valence-corrected chi connectivity index (χ3v) is 8.79. The van der Waals surface area contributed by atoms with Gasteiger partial charge in [-0.1, -0.05) is 54.6 Å². The Bertz CT molecular complexity index is 1610. The summed E-state index contributed by atoms with van der Waals surface area (Å²) in [5.41, 5.74) is 3.01. The van der Waals surface area contributed by atoms with Crippen LogP contribution in [0.3, 0.4) is 0 Å². The van der Waals surface area contributed by atoms with Crippen LogP contribution in [0.25, 0.3) is 0 Å². The van der Waals surface area contributed by atoms with Crippen LogP contribution >= 0.6 is 9.03 Å². The van der Waals surface area contributed by atoms with Crippen LogP contribution in [0.1, 0.15) is 69.5 Å². The van der Waals surface area contributed by atoms with Crippen LogP contribution in [-0.2, 0) is 19.4 Å². The molecule has 0 aromatic heterocycles. The fraction of sp³-hybridized carbons (Fsp3) is 0.325. The molecule has 11 heteroatoms. The van der Waals surface area contributed by atoms with Crippen LogP contribution in [-0.4, -0.2) is 58.9 Å². The number of rotatable bonds is 22. The number of benzene rings is 4. The van der Waals surface area contributed by atoms with Crippen molar-refractivity contribution in [2.24, 2.45) is 0 Å². The summed E-state index contributed by atoms with van der Waals surface area (Å²) in [7, 11) is 3.22. The van der Waals surface area contributed by atoms with Crippen LogP contribution in [0, 0.1) is 11.3 Å². The molecule has 2 N–H and O–H groups in total. The minimum atomic E-state index is -0.888. The van der Waals surface area contributed by atoms with Crippen molar-refractivity contribution in [3.63, 3.8) is 0 Å². The summed E-state index contributed by atoms with van der Waals surface area (Å²) in [5, 5.41) is 14.3. The van der Waals surface area contributed by atoms with Gasteiger partial charge in [-0.25, -0.2) is 0 Å². The summed E-state index contributed by atoms with van der Waals surface area (Å²) in [6.45, 7) is 2.33. The Hall–Kier alpha value is -4.78. The Morgan fingerprint density at radius 3 is 1.59 bits per heavy atom. The smallest absolute Gasteiger partial charge is 0.251 e. The molecule has 0 saturated carbocycles. The molecule has 10 nitrogen and oxygen atoms in total. The number of nitrogens with zero attached hydrogens (tertiary/aromatic N) is 1. The van der Waals surface area contributed by atoms with E-state index in [9.17, 15) is 9.59 Å². The summed E-state index contributed by atoms with van der Waals surface area (Å²) in [4.78, 5) is 25.4. The fourth-order valence-corrected chi connectivity index (χ4v) is 5.92. The average molecular weight is 712 g/mol. The van der Waals surface area contributed by atoms with Crippen molar-refractivity contribution in [2.45, 2.75) is 37.7 Å². The maximum Gasteiger partial charge on any atom is 0.251 e. The number of methoxy groups -OCH3 is 2. The number of nitriles is 1. The van der Waals surface area contributed by atoms with E-state index >= 15 is 0 Å². The minimum absolute atomic E-state index is 0.0794.